The molecular weight excluding hydrogens is 367 g/mol. The molecule has 1 heterocycles. The van der Waals surface area contributed by atoms with Crippen molar-refractivity contribution in [3.63, 3.8) is 0 Å². The Morgan fingerprint density at radius 2 is 1.60 bits per heavy atom. The molecule has 3 rings (SSSR count). The molecule has 2 aliphatic rings. The minimum atomic E-state index is -5.39. The highest BCUT2D eigenvalue weighted by molar-refractivity contribution is 7.63. The van der Waals surface area contributed by atoms with Crippen LogP contribution in [-0.4, -0.2) is 24.3 Å². The Morgan fingerprint density at radius 1 is 0.960 bits per heavy atom. The third-order valence-corrected chi connectivity index (χ3v) is 5.49. The zero-order valence-electron chi connectivity index (χ0n) is 12.5. The van der Waals surface area contributed by atoms with Gasteiger partial charge in [-0.15, -0.1) is 0 Å². The van der Waals surface area contributed by atoms with Crippen LogP contribution in [0.4, 0.5) is 26.3 Å². The van der Waals surface area contributed by atoms with E-state index in [1.807, 2.05) is 0 Å². The monoisotopic (exact) mass is 378 g/mol. The van der Waals surface area contributed by atoms with Gasteiger partial charge in [0.1, 0.15) is 20.6 Å². The largest absolute Gasteiger partial charge is 0.478 e. The van der Waals surface area contributed by atoms with Crippen molar-refractivity contribution in [2.45, 2.75) is 17.9 Å². The maximum atomic E-state index is 13.0. The molecule has 5 radical (unpaired) electrons. The number of halogens is 6. The van der Waals surface area contributed by atoms with Crippen LogP contribution in [0.5, 0.6) is 0 Å². The highest BCUT2D eigenvalue weighted by Gasteiger charge is 2.63. The molecule has 1 aliphatic heterocycles. The summed E-state index contributed by atoms with van der Waals surface area (Å²) in [7, 11) is -4.37. The van der Waals surface area contributed by atoms with E-state index >= 15 is 0 Å². The molecule has 0 spiro atoms. The van der Waals surface area contributed by atoms with Crippen LogP contribution in [-0.2, 0) is 4.74 Å². The Kier molecular flexibility index (Phi) is 5.02. The summed E-state index contributed by atoms with van der Waals surface area (Å²) < 4.78 is 83.4. The molecule has 0 N–H and O–H groups in total. The number of hydrogen-bond donors (Lipinski definition) is 0. The van der Waals surface area contributed by atoms with Crippen molar-refractivity contribution in [3.8, 4) is 0 Å². The summed E-state index contributed by atoms with van der Waals surface area (Å²) in [5, 5.41) is 0. The number of rotatable bonds is 3. The number of benzene rings is 1. The van der Waals surface area contributed by atoms with E-state index < -0.39 is 31.5 Å². The predicted octanol–water partition coefficient (Wildman–Crippen LogP) is 5.41. The van der Waals surface area contributed by atoms with Gasteiger partial charge in [-0.05, 0) is 24.8 Å². The molecule has 2 nitrogen and oxygen atoms in total. The second-order valence-corrected chi connectivity index (χ2v) is 7.43. The zero-order valence-corrected chi connectivity index (χ0v) is 13.4. The first kappa shape index (κ1) is 18.5. The van der Waals surface area contributed by atoms with Gasteiger partial charge in [0.2, 0.25) is 0 Å². The van der Waals surface area contributed by atoms with Crippen LogP contribution in [0.25, 0.3) is 0 Å². The standard InChI is InChI=1S/C16H11F6NOP/c17-15(18,19)25(16(20,21)22)13-8-4-7-11(13)14-23-12(9-24-14)10-5-2-1-3-6-10/h1-8,12H,9H2/t12-/m1/s1. The molecule has 133 valence electrons. The number of aliphatic imine (C=N–C) groups is 1. The van der Waals surface area contributed by atoms with Gasteiger partial charge in [-0.25, -0.2) is 4.99 Å². The third kappa shape index (κ3) is 3.94. The smallest absolute Gasteiger partial charge is 0.414 e. The van der Waals surface area contributed by atoms with Gasteiger partial charge in [0.05, 0.1) is 5.92 Å². The van der Waals surface area contributed by atoms with E-state index in [2.05, 4.69) is 4.99 Å². The van der Waals surface area contributed by atoms with Gasteiger partial charge in [-0.3, -0.25) is 0 Å². The molecule has 25 heavy (non-hydrogen) atoms. The van der Waals surface area contributed by atoms with E-state index in [1.54, 1.807) is 30.3 Å². The minimum Gasteiger partial charge on any atom is -0.478 e. The fourth-order valence-corrected chi connectivity index (χ4v) is 4.05. The van der Waals surface area contributed by atoms with Gasteiger partial charge in [-0.1, -0.05) is 30.3 Å². The highest BCUT2D eigenvalue weighted by Crippen LogP contribution is 2.74. The van der Waals surface area contributed by atoms with Crippen LogP contribution in [0.15, 0.2) is 35.3 Å². The molecule has 0 amide bonds. The van der Waals surface area contributed by atoms with Crippen molar-refractivity contribution in [1.29, 1.82) is 0 Å². The Morgan fingerprint density at radius 3 is 2.20 bits per heavy atom. The average molecular weight is 378 g/mol. The van der Waals surface area contributed by atoms with Crippen molar-refractivity contribution < 1.29 is 31.1 Å². The number of nitrogens with zero attached hydrogens (tertiary/aromatic N) is 1. The lowest BCUT2D eigenvalue weighted by Gasteiger charge is -2.30. The summed E-state index contributed by atoms with van der Waals surface area (Å²) in [5.41, 5.74) is -0.0537. The van der Waals surface area contributed by atoms with Gasteiger partial charge >= 0.3 is 11.8 Å². The lowest BCUT2D eigenvalue weighted by atomic mass is 10.1. The lowest BCUT2D eigenvalue weighted by molar-refractivity contribution is -0.0826. The number of ether oxygens (including phenoxy) is 1. The summed E-state index contributed by atoms with van der Waals surface area (Å²) >= 11 is 0. The quantitative estimate of drug-likeness (QED) is 0.509. The molecule has 0 aromatic heterocycles. The predicted molar refractivity (Wildman–Crippen MR) is 81.0 cm³/mol. The Balaban J connectivity index is 1.84. The Bertz CT molecular complexity index is 616. The molecule has 0 saturated heterocycles. The van der Waals surface area contributed by atoms with Crippen molar-refractivity contribution in [2.75, 3.05) is 6.61 Å². The fraction of sp³-hybridized carbons (Fsp3) is 0.250. The third-order valence-electron chi connectivity index (χ3n) is 3.61. The summed E-state index contributed by atoms with van der Waals surface area (Å²) in [6, 6.07) is 8.41. The first-order valence-electron chi connectivity index (χ1n) is 7.13. The molecule has 1 fully saturated rings. The van der Waals surface area contributed by atoms with Crippen molar-refractivity contribution in [2.24, 2.45) is 4.99 Å². The zero-order chi connectivity index (χ0) is 18.2. The molecule has 0 unspecified atom stereocenters. The molecule has 0 bridgehead atoms. The Hall–Kier alpha value is -1.30. The maximum Gasteiger partial charge on any atom is 0.414 e. The SMILES string of the molecule is FC(F)(F)P([C]1[CH][CH][CH][C]1C1=N[C@@H](c2ccccc2)CO1)C(F)(F)F. The van der Waals surface area contributed by atoms with E-state index in [4.69, 9.17) is 4.74 Å². The molecule has 1 aromatic carbocycles. The second-order valence-electron chi connectivity index (χ2n) is 5.27. The van der Waals surface area contributed by atoms with E-state index in [0.717, 1.165) is 18.4 Å². The molecule has 1 aliphatic carbocycles. The molecule has 1 aromatic rings. The molecule has 1 saturated carbocycles. The number of hydrogen-bond acceptors (Lipinski definition) is 2. The second kappa shape index (κ2) is 6.78. The highest BCUT2D eigenvalue weighted by atomic mass is 31.1. The van der Waals surface area contributed by atoms with E-state index in [0.29, 0.717) is 0 Å². The number of alkyl halides is 6. The van der Waals surface area contributed by atoms with Crippen LogP contribution < -0.4 is 0 Å². The fourth-order valence-electron chi connectivity index (χ4n) is 2.57. The summed E-state index contributed by atoms with van der Waals surface area (Å²) in [5.74, 6) is -11.2. The van der Waals surface area contributed by atoms with Gasteiger partial charge in [0, 0.05) is 5.66 Å². The summed E-state index contributed by atoms with van der Waals surface area (Å²) in [6.07, 6.45) is 3.16. The van der Waals surface area contributed by atoms with Crippen LogP contribution >= 0.6 is 7.92 Å². The van der Waals surface area contributed by atoms with Gasteiger partial charge in [0.25, 0.3) is 0 Å². The van der Waals surface area contributed by atoms with Crippen LogP contribution in [0.3, 0.4) is 0 Å². The van der Waals surface area contributed by atoms with E-state index in [-0.39, 0.29) is 18.4 Å². The summed E-state index contributed by atoms with van der Waals surface area (Å²) in [4.78, 5) is 4.18. The van der Waals surface area contributed by atoms with Crippen LogP contribution in [0, 0.1) is 30.8 Å². The van der Waals surface area contributed by atoms with Crippen molar-refractivity contribution in [1.82, 2.24) is 0 Å². The molecular formula is C16H11F6NOP. The van der Waals surface area contributed by atoms with E-state index in [1.165, 1.54) is 6.42 Å². The maximum absolute atomic E-state index is 13.0. The first-order chi connectivity index (χ1) is 11.7. The van der Waals surface area contributed by atoms with Crippen molar-refractivity contribution >= 4 is 13.8 Å². The first-order valence-corrected chi connectivity index (χ1v) is 8.47. The molecule has 9 heteroatoms. The van der Waals surface area contributed by atoms with Crippen molar-refractivity contribution in [3.05, 3.63) is 66.7 Å². The molecule has 1 atom stereocenters. The normalized spacial score (nSPS) is 23.2. The van der Waals surface area contributed by atoms with Gasteiger partial charge in [0.15, 0.2) is 5.90 Å². The van der Waals surface area contributed by atoms with E-state index in [9.17, 15) is 26.3 Å². The van der Waals surface area contributed by atoms with Gasteiger partial charge < -0.3 is 4.74 Å². The van der Waals surface area contributed by atoms with Crippen LogP contribution in [0.1, 0.15) is 11.6 Å². The Labute approximate surface area is 142 Å². The summed E-state index contributed by atoms with van der Waals surface area (Å²) in [6.45, 7) is 0.0694. The average Bonchev–Trinajstić information content (AvgIpc) is 3.14. The topological polar surface area (TPSA) is 21.6 Å². The van der Waals surface area contributed by atoms with Gasteiger partial charge in [-0.2, -0.15) is 26.3 Å². The lowest BCUT2D eigenvalue weighted by Crippen LogP contribution is -2.26. The van der Waals surface area contributed by atoms with Crippen LogP contribution in [0.2, 0.25) is 0 Å². The minimum absolute atomic E-state index is 0.0694.